The number of fused-ring (bicyclic) bond motifs is 3. The molecular weight excluding hydrogens is 349 g/mol. The van der Waals surface area contributed by atoms with Crippen molar-refractivity contribution in [1.82, 2.24) is 14.5 Å². The molecule has 0 bridgehead atoms. The average molecular weight is 372 g/mol. The molecule has 0 atom stereocenters. The average Bonchev–Trinajstić information content (AvgIpc) is 2.90. The predicted molar refractivity (Wildman–Crippen MR) is 103 cm³/mol. The predicted octanol–water partition coefficient (Wildman–Crippen LogP) is 2.55. The van der Waals surface area contributed by atoms with E-state index < -0.39 is 0 Å². The Morgan fingerprint density at radius 3 is 2.62 bits per heavy atom. The first-order valence-electron chi connectivity index (χ1n) is 7.48. The standard InChI is InChI=1S/C16H21N5O.2ClH/c1-22-10-7-13-20-14-15(21(13)9-4-8-17)11-5-2-3-6-12(11)19-16(14)18;;/h2-3,5-6H,4,7-10,17H2,1H3,(H2,18,19);2*1H. The molecule has 0 radical (unpaired) electrons. The van der Waals surface area contributed by atoms with E-state index in [-0.39, 0.29) is 24.8 Å². The number of aryl methyl sites for hydroxylation is 1. The van der Waals surface area contributed by atoms with Crippen LogP contribution in [0.15, 0.2) is 24.3 Å². The first kappa shape index (κ1) is 20.4. The third-order valence-electron chi connectivity index (χ3n) is 3.80. The molecule has 0 amide bonds. The lowest BCUT2D eigenvalue weighted by molar-refractivity contribution is 0.199. The first-order valence-corrected chi connectivity index (χ1v) is 7.48. The Morgan fingerprint density at radius 1 is 1.17 bits per heavy atom. The third-order valence-corrected chi connectivity index (χ3v) is 3.80. The number of aromatic nitrogens is 3. The van der Waals surface area contributed by atoms with Gasteiger partial charge in [-0.15, -0.1) is 24.8 Å². The van der Waals surface area contributed by atoms with Crippen LogP contribution < -0.4 is 11.5 Å². The molecule has 132 valence electrons. The second-order valence-electron chi connectivity index (χ2n) is 5.28. The van der Waals surface area contributed by atoms with E-state index >= 15 is 0 Å². The van der Waals surface area contributed by atoms with Crippen molar-refractivity contribution in [2.75, 3.05) is 26.0 Å². The number of hydrogen-bond donors (Lipinski definition) is 2. The Morgan fingerprint density at radius 2 is 1.92 bits per heavy atom. The van der Waals surface area contributed by atoms with Crippen LogP contribution >= 0.6 is 24.8 Å². The molecule has 2 aromatic heterocycles. The lowest BCUT2D eigenvalue weighted by atomic mass is 10.2. The van der Waals surface area contributed by atoms with Crippen molar-refractivity contribution >= 4 is 52.6 Å². The molecule has 24 heavy (non-hydrogen) atoms. The van der Waals surface area contributed by atoms with Gasteiger partial charge in [-0.2, -0.15) is 0 Å². The number of rotatable bonds is 6. The fourth-order valence-electron chi connectivity index (χ4n) is 2.78. The summed E-state index contributed by atoms with van der Waals surface area (Å²) in [5.74, 6) is 1.44. The molecule has 0 saturated carbocycles. The molecule has 0 aliphatic carbocycles. The molecule has 2 heterocycles. The van der Waals surface area contributed by atoms with Crippen LogP contribution in [0.25, 0.3) is 21.9 Å². The zero-order valence-electron chi connectivity index (χ0n) is 13.6. The Hall–Kier alpha value is -1.60. The summed E-state index contributed by atoms with van der Waals surface area (Å²) in [5.41, 5.74) is 14.5. The maximum absolute atomic E-state index is 6.12. The molecule has 0 saturated heterocycles. The van der Waals surface area contributed by atoms with Gasteiger partial charge in [-0.3, -0.25) is 0 Å². The summed E-state index contributed by atoms with van der Waals surface area (Å²) in [6, 6.07) is 8.01. The Balaban J connectivity index is 0.00000144. The van der Waals surface area contributed by atoms with Crippen LogP contribution in [-0.4, -0.2) is 34.8 Å². The van der Waals surface area contributed by atoms with Crippen LogP contribution in [0.5, 0.6) is 0 Å². The van der Waals surface area contributed by atoms with E-state index in [9.17, 15) is 0 Å². The van der Waals surface area contributed by atoms with E-state index in [4.69, 9.17) is 21.2 Å². The molecule has 0 unspecified atom stereocenters. The van der Waals surface area contributed by atoms with Gasteiger partial charge in [0.1, 0.15) is 11.3 Å². The highest BCUT2D eigenvalue weighted by molar-refractivity contribution is 6.06. The van der Waals surface area contributed by atoms with Crippen molar-refractivity contribution in [3.05, 3.63) is 30.1 Å². The monoisotopic (exact) mass is 371 g/mol. The van der Waals surface area contributed by atoms with E-state index in [0.29, 0.717) is 19.0 Å². The normalized spacial score (nSPS) is 10.6. The van der Waals surface area contributed by atoms with Gasteiger partial charge in [0.25, 0.3) is 0 Å². The number of imidazole rings is 1. The topological polar surface area (TPSA) is 92.0 Å². The minimum Gasteiger partial charge on any atom is -0.384 e. The van der Waals surface area contributed by atoms with Gasteiger partial charge in [0, 0.05) is 25.5 Å². The fourth-order valence-corrected chi connectivity index (χ4v) is 2.78. The summed E-state index contributed by atoms with van der Waals surface area (Å²) in [7, 11) is 1.69. The molecular formula is C16H23Cl2N5O. The van der Waals surface area contributed by atoms with Gasteiger partial charge < -0.3 is 20.8 Å². The van der Waals surface area contributed by atoms with Gasteiger partial charge >= 0.3 is 0 Å². The van der Waals surface area contributed by atoms with Crippen molar-refractivity contribution in [1.29, 1.82) is 0 Å². The summed E-state index contributed by atoms with van der Waals surface area (Å²) < 4.78 is 7.40. The van der Waals surface area contributed by atoms with Crippen LogP contribution in [0.2, 0.25) is 0 Å². The number of methoxy groups -OCH3 is 1. The SMILES string of the molecule is COCCc1nc2c(N)nc3ccccc3c2n1CCCN.Cl.Cl. The first-order chi connectivity index (χ1) is 10.8. The zero-order valence-corrected chi connectivity index (χ0v) is 15.2. The van der Waals surface area contributed by atoms with Gasteiger partial charge in [0.05, 0.1) is 17.6 Å². The van der Waals surface area contributed by atoms with Crippen molar-refractivity contribution in [2.45, 2.75) is 19.4 Å². The summed E-state index contributed by atoms with van der Waals surface area (Å²) in [6.45, 7) is 2.08. The maximum atomic E-state index is 6.12. The Bertz CT molecular complexity index is 806. The lowest BCUT2D eigenvalue weighted by Gasteiger charge is -2.10. The minimum absolute atomic E-state index is 0. The number of pyridine rings is 1. The van der Waals surface area contributed by atoms with Gasteiger partial charge in [-0.05, 0) is 19.0 Å². The van der Waals surface area contributed by atoms with E-state index in [0.717, 1.165) is 47.1 Å². The van der Waals surface area contributed by atoms with Crippen molar-refractivity contribution in [2.24, 2.45) is 5.73 Å². The molecule has 0 fully saturated rings. The number of hydrogen-bond acceptors (Lipinski definition) is 5. The number of ether oxygens (including phenoxy) is 1. The molecule has 3 aromatic rings. The molecule has 0 spiro atoms. The molecule has 6 nitrogen and oxygen atoms in total. The molecule has 4 N–H and O–H groups in total. The number of halogens is 2. The minimum atomic E-state index is 0. The van der Waals surface area contributed by atoms with Crippen molar-refractivity contribution < 1.29 is 4.74 Å². The van der Waals surface area contributed by atoms with Crippen molar-refractivity contribution in [3.8, 4) is 0 Å². The number of para-hydroxylation sites is 1. The molecule has 3 rings (SSSR count). The van der Waals surface area contributed by atoms with Crippen molar-refractivity contribution in [3.63, 3.8) is 0 Å². The number of anilines is 1. The van der Waals surface area contributed by atoms with E-state index in [1.165, 1.54) is 0 Å². The van der Waals surface area contributed by atoms with Gasteiger partial charge in [0.15, 0.2) is 5.82 Å². The largest absolute Gasteiger partial charge is 0.384 e. The second kappa shape index (κ2) is 9.03. The summed E-state index contributed by atoms with van der Waals surface area (Å²) >= 11 is 0. The van der Waals surface area contributed by atoms with Crippen LogP contribution in [0.1, 0.15) is 12.2 Å². The quantitative estimate of drug-likeness (QED) is 0.694. The molecule has 0 aliphatic heterocycles. The third kappa shape index (κ3) is 3.72. The number of benzene rings is 1. The highest BCUT2D eigenvalue weighted by Gasteiger charge is 2.16. The van der Waals surface area contributed by atoms with Gasteiger partial charge in [0.2, 0.25) is 0 Å². The number of nitrogens with zero attached hydrogens (tertiary/aromatic N) is 3. The van der Waals surface area contributed by atoms with E-state index in [1.54, 1.807) is 7.11 Å². The Labute approximate surface area is 153 Å². The number of nitrogens with two attached hydrogens (primary N) is 2. The number of nitrogen functional groups attached to an aromatic ring is 1. The summed E-state index contributed by atoms with van der Waals surface area (Å²) in [4.78, 5) is 9.17. The fraction of sp³-hybridized carbons (Fsp3) is 0.375. The smallest absolute Gasteiger partial charge is 0.152 e. The van der Waals surface area contributed by atoms with Crippen LogP contribution in [-0.2, 0) is 17.7 Å². The highest BCUT2D eigenvalue weighted by Crippen LogP contribution is 2.29. The molecule has 8 heteroatoms. The summed E-state index contributed by atoms with van der Waals surface area (Å²) in [6.07, 6.45) is 1.63. The van der Waals surface area contributed by atoms with Gasteiger partial charge in [-0.25, -0.2) is 9.97 Å². The Kier molecular flexibility index (Phi) is 7.69. The summed E-state index contributed by atoms with van der Waals surface area (Å²) in [5, 5.41) is 1.07. The van der Waals surface area contributed by atoms with Crippen LogP contribution in [0, 0.1) is 0 Å². The van der Waals surface area contributed by atoms with Gasteiger partial charge in [-0.1, -0.05) is 18.2 Å². The van der Waals surface area contributed by atoms with E-state index in [2.05, 4.69) is 15.6 Å². The van der Waals surface area contributed by atoms with E-state index in [1.807, 2.05) is 18.2 Å². The molecule has 0 aliphatic rings. The molecule has 1 aromatic carbocycles. The van der Waals surface area contributed by atoms with Crippen LogP contribution in [0.4, 0.5) is 5.82 Å². The zero-order chi connectivity index (χ0) is 15.5. The highest BCUT2D eigenvalue weighted by atomic mass is 35.5. The lowest BCUT2D eigenvalue weighted by Crippen LogP contribution is -2.10. The van der Waals surface area contributed by atoms with Crippen LogP contribution in [0.3, 0.4) is 0 Å². The maximum Gasteiger partial charge on any atom is 0.152 e. The second-order valence-corrected chi connectivity index (χ2v) is 5.28.